The normalized spacial score (nSPS) is 18.2. The summed E-state index contributed by atoms with van der Waals surface area (Å²) in [5, 5.41) is 10.9. The molecule has 7 heteroatoms. The Hall–Kier alpha value is -2.83. The zero-order chi connectivity index (χ0) is 15.3. The average Bonchev–Trinajstić information content (AvgIpc) is 3.15. The van der Waals surface area contributed by atoms with Crippen molar-refractivity contribution in [2.45, 2.75) is 12.5 Å². The van der Waals surface area contributed by atoms with Gasteiger partial charge in [-0.15, -0.1) is 0 Å². The van der Waals surface area contributed by atoms with Crippen molar-refractivity contribution in [2.24, 2.45) is 12.1 Å². The molecule has 7 nitrogen and oxygen atoms in total. The van der Waals surface area contributed by atoms with Gasteiger partial charge in [0.1, 0.15) is 0 Å². The summed E-state index contributed by atoms with van der Waals surface area (Å²) < 4.78 is 1.80. The van der Waals surface area contributed by atoms with Crippen LogP contribution < -0.4 is 5.69 Å². The summed E-state index contributed by atoms with van der Waals surface area (Å²) in [4.78, 5) is 16.9. The van der Waals surface area contributed by atoms with Gasteiger partial charge in [0.05, 0.1) is 29.0 Å². The largest absolute Gasteiger partial charge is 0.323 e. The lowest BCUT2D eigenvalue weighted by Gasteiger charge is -2.16. The number of hydrogen-bond donors (Lipinski definition) is 2. The number of nitrogens with zero attached hydrogens (tertiary/aromatic N) is 4. The van der Waals surface area contributed by atoms with Crippen LogP contribution in [0.1, 0.15) is 23.6 Å². The van der Waals surface area contributed by atoms with E-state index in [4.69, 9.17) is 0 Å². The molecule has 0 aliphatic carbocycles. The molecule has 3 aromatic rings. The van der Waals surface area contributed by atoms with Crippen molar-refractivity contribution in [2.75, 3.05) is 7.05 Å². The molecule has 4 rings (SSSR count). The third-order valence-electron chi connectivity index (χ3n) is 4.08. The number of hydrogen-bond acceptors (Lipinski definition) is 4. The molecule has 0 radical (unpaired) electrons. The molecule has 0 spiro atoms. The fraction of sp³-hybridized carbons (Fsp3) is 0.267. The van der Waals surface area contributed by atoms with E-state index in [2.05, 4.69) is 20.2 Å². The minimum atomic E-state index is -0.189. The van der Waals surface area contributed by atoms with Crippen LogP contribution in [0.2, 0.25) is 0 Å². The minimum absolute atomic E-state index is 0.189. The van der Waals surface area contributed by atoms with Crippen LogP contribution >= 0.6 is 0 Å². The van der Waals surface area contributed by atoms with Crippen LogP contribution in [-0.2, 0) is 7.05 Å². The third-order valence-corrected chi connectivity index (χ3v) is 4.08. The van der Waals surface area contributed by atoms with Gasteiger partial charge in [0.2, 0.25) is 0 Å². The standard InChI is InChI=1S/C15H16N6O/c1-20-8-10(7-16-20)14-6-12(19-21(14)2)9-3-4-11-13(5-9)18-15(22)17-11/h3-5,7-8,14H,6H2,1-2H3,(H2,17,18,22)/t14-/m1/s1. The Balaban J connectivity index is 1.67. The number of aryl methyl sites for hydroxylation is 1. The van der Waals surface area contributed by atoms with Crippen LogP contribution in [0.3, 0.4) is 0 Å². The zero-order valence-corrected chi connectivity index (χ0v) is 12.4. The number of imidazole rings is 1. The highest BCUT2D eigenvalue weighted by molar-refractivity contribution is 6.03. The Morgan fingerprint density at radius 1 is 1.23 bits per heavy atom. The van der Waals surface area contributed by atoms with Crippen LogP contribution in [0.15, 0.2) is 40.5 Å². The Morgan fingerprint density at radius 2 is 2.05 bits per heavy atom. The smallest absolute Gasteiger partial charge is 0.306 e. The molecule has 0 bridgehead atoms. The van der Waals surface area contributed by atoms with Gasteiger partial charge in [-0.25, -0.2) is 4.79 Å². The monoisotopic (exact) mass is 296 g/mol. The molecule has 1 aliphatic rings. The van der Waals surface area contributed by atoms with Crippen LogP contribution in [0, 0.1) is 0 Å². The predicted molar refractivity (Wildman–Crippen MR) is 83.8 cm³/mol. The van der Waals surface area contributed by atoms with Crippen molar-refractivity contribution < 1.29 is 0 Å². The zero-order valence-electron chi connectivity index (χ0n) is 12.4. The Kier molecular flexibility index (Phi) is 2.69. The first-order chi connectivity index (χ1) is 10.6. The molecule has 0 amide bonds. The number of nitrogens with one attached hydrogen (secondary N) is 2. The summed E-state index contributed by atoms with van der Waals surface area (Å²) in [5.41, 5.74) is 4.62. The number of rotatable bonds is 2. The molecule has 112 valence electrons. The summed E-state index contributed by atoms with van der Waals surface area (Å²) in [6.45, 7) is 0. The minimum Gasteiger partial charge on any atom is -0.306 e. The molecule has 1 atom stereocenters. The SMILES string of the molecule is CN1N=C(c2ccc3[nH]c(=O)[nH]c3c2)C[C@@H]1c1cnn(C)c1. The van der Waals surface area contributed by atoms with E-state index in [1.54, 1.807) is 4.68 Å². The van der Waals surface area contributed by atoms with E-state index in [1.165, 1.54) is 0 Å². The van der Waals surface area contributed by atoms with E-state index in [0.717, 1.165) is 34.3 Å². The van der Waals surface area contributed by atoms with Crippen molar-refractivity contribution in [1.29, 1.82) is 0 Å². The fourth-order valence-electron chi connectivity index (χ4n) is 2.95. The Morgan fingerprint density at radius 3 is 2.82 bits per heavy atom. The van der Waals surface area contributed by atoms with Gasteiger partial charge in [-0.2, -0.15) is 10.2 Å². The van der Waals surface area contributed by atoms with E-state index in [0.29, 0.717) is 0 Å². The van der Waals surface area contributed by atoms with Gasteiger partial charge >= 0.3 is 5.69 Å². The maximum Gasteiger partial charge on any atom is 0.323 e. The molecule has 0 saturated carbocycles. The second-order valence-corrected chi connectivity index (χ2v) is 5.63. The summed E-state index contributed by atoms with van der Waals surface area (Å²) in [7, 11) is 3.89. The van der Waals surface area contributed by atoms with Crippen LogP contribution in [0.4, 0.5) is 0 Å². The fourth-order valence-corrected chi connectivity index (χ4v) is 2.95. The van der Waals surface area contributed by atoms with Gasteiger partial charge in [0.25, 0.3) is 0 Å². The molecule has 1 aromatic carbocycles. The van der Waals surface area contributed by atoms with Gasteiger partial charge in [-0.1, -0.05) is 6.07 Å². The molecule has 22 heavy (non-hydrogen) atoms. The molecule has 2 aromatic heterocycles. The summed E-state index contributed by atoms with van der Waals surface area (Å²) in [6, 6.07) is 6.06. The second-order valence-electron chi connectivity index (χ2n) is 5.63. The topological polar surface area (TPSA) is 82.1 Å². The van der Waals surface area contributed by atoms with E-state index >= 15 is 0 Å². The molecule has 3 heterocycles. The highest BCUT2D eigenvalue weighted by Gasteiger charge is 2.27. The van der Waals surface area contributed by atoms with Crippen molar-refractivity contribution >= 4 is 16.7 Å². The lowest BCUT2D eigenvalue weighted by atomic mass is 10.0. The van der Waals surface area contributed by atoms with Crippen LogP contribution in [0.5, 0.6) is 0 Å². The van der Waals surface area contributed by atoms with Crippen LogP contribution in [-0.4, -0.2) is 37.5 Å². The lowest BCUT2D eigenvalue weighted by molar-refractivity contribution is 0.290. The molecule has 0 saturated heterocycles. The maximum atomic E-state index is 11.4. The number of aromatic amines is 2. The molecule has 1 aliphatic heterocycles. The average molecular weight is 296 g/mol. The molecular weight excluding hydrogens is 280 g/mol. The van der Waals surface area contributed by atoms with E-state index in [-0.39, 0.29) is 11.7 Å². The van der Waals surface area contributed by atoms with E-state index in [1.807, 2.05) is 49.7 Å². The number of aromatic nitrogens is 4. The van der Waals surface area contributed by atoms with Gasteiger partial charge < -0.3 is 9.97 Å². The Labute approximate surface area is 126 Å². The summed E-state index contributed by atoms with van der Waals surface area (Å²) in [5.74, 6) is 0. The molecule has 0 unspecified atom stereocenters. The number of H-pyrrole nitrogens is 2. The van der Waals surface area contributed by atoms with E-state index < -0.39 is 0 Å². The van der Waals surface area contributed by atoms with Gasteiger partial charge in [0, 0.05) is 37.8 Å². The number of benzene rings is 1. The number of fused-ring (bicyclic) bond motifs is 1. The Bertz CT molecular complexity index is 931. The molecule has 2 N–H and O–H groups in total. The lowest BCUT2D eigenvalue weighted by Crippen LogP contribution is -2.13. The predicted octanol–water partition coefficient (Wildman–Crippen LogP) is 1.37. The second kappa shape index (κ2) is 4.59. The van der Waals surface area contributed by atoms with Crippen LogP contribution in [0.25, 0.3) is 11.0 Å². The first-order valence-corrected chi connectivity index (χ1v) is 7.11. The first-order valence-electron chi connectivity index (χ1n) is 7.11. The highest BCUT2D eigenvalue weighted by Crippen LogP contribution is 2.31. The van der Waals surface area contributed by atoms with Gasteiger partial charge in [0.15, 0.2) is 0 Å². The summed E-state index contributed by atoms with van der Waals surface area (Å²) >= 11 is 0. The van der Waals surface area contributed by atoms with Crippen molar-refractivity contribution in [1.82, 2.24) is 24.8 Å². The summed E-state index contributed by atoms with van der Waals surface area (Å²) in [6.07, 6.45) is 4.72. The van der Waals surface area contributed by atoms with Crippen molar-refractivity contribution in [3.8, 4) is 0 Å². The first kappa shape index (κ1) is 12.9. The third kappa shape index (κ3) is 2.02. The molecular formula is C15H16N6O. The van der Waals surface area contributed by atoms with Crippen molar-refractivity contribution in [3.63, 3.8) is 0 Å². The van der Waals surface area contributed by atoms with Gasteiger partial charge in [-0.3, -0.25) is 9.69 Å². The molecule has 0 fully saturated rings. The highest BCUT2D eigenvalue weighted by atomic mass is 16.1. The quantitative estimate of drug-likeness (QED) is 0.749. The van der Waals surface area contributed by atoms with E-state index in [9.17, 15) is 4.79 Å². The van der Waals surface area contributed by atoms with Crippen molar-refractivity contribution in [3.05, 3.63) is 52.2 Å². The maximum absolute atomic E-state index is 11.4. The number of hydrazone groups is 1. The van der Waals surface area contributed by atoms with Gasteiger partial charge in [-0.05, 0) is 12.1 Å².